The van der Waals surface area contributed by atoms with Crippen molar-refractivity contribution in [1.29, 1.82) is 0 Å². The molecule has 0 aromatic carbocycles. The van der Waals surface area contributed by atoms with Gasteiger partial charge in [0, 0.05) is 18.9 Å². The van der Waals surface area contributed by atoms with E-state index in [-0.39, 0.29) is 23.9 Å². The molecule has 4 heteroatoms. The van der Waals surface area contributed by atoms with E-state index >= 15 is 0 Å². The van der Waals surface area contributed by atoms with E-state index < -0.39 is 11.7 Å². The SMILES string of the molecule is CC(=O)O[C@@H]1C[C@H]2[C@@H]3CC[C@H]([C@H](C)CCCC(C)C)[C@@]3(C)CC[C@@H]2[C@@]2(C)CC[C@H](CO)C[C@]12O. The second kappa shape index (κ2) is 9.69. The first-order valence-corrected chi connectivity index (χ1v) is 14.5. The number of hydrogen-bond donors (Lipinski definition) is 2. The monoisotopic (exact) mass is 476 g/mol. The fourth-order valence-electron chi connectivity index (χ4n) is 9.88. The lowest BCUT2D eigenvalue weighted by molar-refractivity contribution is -0.266. The van der Waals surface area contributed by atoms with Crippen molar-refractivity contribution in [2.45, 2.75) is 124 Å². The van der Waals surface area contributed by atoms with E-state index in [2.05, 4.69) is 34.6 Å². The molecule has 0 heterocycles. The van der Waals surface area contributed by atoms with Gasteiger partial charge in [-0.1, -0.05) is 53.9 Å². The summed E-state index contributed by atoms with van der Waals surface area (Å²) in [7, 11) is 0. The molecule has 0 saturated heterocycles. The van der Waals surface area contributed by atoms with Crippen molar-refractivity contribution in [2.75, 3.05) is 6.61 Å². The van der Waals surface area contributed by atoms with E-state index in [4.69, 9.17) is 4.74 Å². The van der Waals surface area contributed by atoms with Gasteiger partial charge in [0.2, 0.25) is 0 Å². The normalized spacial score (nSPS) is 47.0. The van der Waals surface area contributed by atoms with Crippen molar-refractivity contribution >= 4 is 5.97 Å². The Bertz CT molecular complexity index is 735. The van der Waals surface area contributed by atoms with Gasteiger partial charge in [-0.25, -0.2) is 0 Å². The molecule has 0 aliphatic heterocycles. The summed E-state index contributed by atoms with van der Waals surface area (Å²) in [5.41, 5.74) is -0.904. The Morgan fingerprint density at radius 1 is 1.03 bits per heavy atom. The minimum Gasteiger partial charge on any atom is -0.459 e. The lowest BCUT2D eigenvalue weighted by Gasteiger charge is -2.66. The summed E-state index contributed by atoms with van der Waals surface area (Å²) in [5, 5.41) is 22.1. The zero-order valence-electron chi connectivity index (χ0n) is 22.8. The Morgan fingerprint density at radius 3 is 2.41 bits per heavy atom. The molecule has 0 amide bonds. The molecule has 0 spiro atoms. The Kier molecular flexibility index (Phi) is 7.54. The highest BCUT2D eigenvalue weighted by atomic mass is 16.6. The van der Waals surface area contributed by atoms with E-state index in [1.54, 1.807) is 0 Å². The van der Waals surface area contributed by atoms with Crippen LogP contribution in [0.4, 0.5) is 0 Å². The van der Waals surface area contributed by atoms with E-state index in [0.29, 0.717) is 29.6 Å². The highest BCUT2D eigenvalue weighted by Crippen LogP contribution is 2.69. The number of ether oxygens (including phenoxy) is 1. The van der Waals surface area contributed by atoms with Crippen LogP contribution in [0.25, 0.3) is 0 Å². The Balaban J connectivity index is 1.59. The minimum atomic E-state index is -1.03. The smallest absolute Gasteiger partial charge is 0.303 e. The van der Waals surface area contributed by atoms with Gasteiger partial charge in [-0.15, -0.1) is 0 Å². The van der Waals surface area contributed by atoms with Crippen LogP contribution in [0.2, 0.25) is 0 Å². The quantitative estimate of drug-likeness (QED) is 0.419. The molecule has 2 N–H and O–H groups in total. The largest absolute Gasteiger partial charge is 0.459 e. The molecule has 0 bridgehead atoms. The van der Waals surface area contributed by atoms with Crippen LogP contribution in [-0.2, 0) is 9.53 Å². The van der Waals surface area contributed by atoms with Crippen LogP contribution in [0.3, 0.4) is 0 Å². The molecule has 4 nitrogen and oxygen atoms in total. The third-order valence-electron chi connectivity index (χ3n) is 11.7. The second-order valence-electron chi connectivity index (χ2n) is 13.9. The molecule has 4 saturated carbocycles. The van der Waals surface area contributed by atoms with Crippen molar-refractivity contribution in [3.05, 3.63) is 0 Å². The van der Waals surface area contributed by atoms with Gasteiger partial charge in [0.1, 0.15) is 11.7 Å². The van der Waals surface area contributed by atoms with Crippen LogP contribution < -0.4 is 0 Å². The maximum absolute atomic E-state index is 12.2. The first-order chi connectivity index (χ1) is 16.0. The molecule has 4 rings (SSSR count). The maximum Gasteiger partial charge on any atom is 0.303 e. The van der Waals surface area contributed by atoms with Crippen molar-refractivity contribution in [3.8, 4) is 0 Å². The number of rotatable bonds is 7. The van der Waals surface area contributed by atoms with E-state index in [1.807, 2.05) is 0 Å². The fraction of sp³-hybridized carbons (Fsp3) is 0.967. The van der Waals surface area contributed by atoms with E-state index in [1.165, 1.54) is 51.9 Å². The number of hydrogen-bond acceptors (Lipinski definition) is 4. The Labute approximate surface area is 208 Å². The molecule has 0 aromatic rings. The summed E-state index contributed by atoms with van der Waals surface area (Å²) in [6, 6.07) is 0. The predicted octanol–water partition coefficient (Wildman–Crippen LogP) is 6.37. The average Bonchev–Trinajstić information content (AvgIpc) is 3.11. The van der Waals surface area contributed by atoms with Gasteiger partial charge in [0.25, 0.3) is 0 Å². The Hall–Kier alpha value is -0.610. The van der Waals surface area contributed by atoms with Gasteiger partial charge in [0.15, 0.2) is 0 Å². The molecule has 10 atom stereocenters. The number of carbonyl (C=O) groups is 1. The average molecular weight is 477 g/mol. The summed E-state index contributed by atoms with van der Waals surface area (Å²) in [6.07, 6.45) is 11.9. The third-order valence-corrected chi connectivity index (χ3v) is 11.7. The molecule has 4 fully saturated rings. The van der Waals surface area contributed by atoms with Crippen LogP contribution >= 0.6 is 0 Å². The first-order valence-electron chi connectivity index (χ1n) is 14.5. The number of aliphatic hydroxyl groups excluding tert-OH is 1. The van der Waals surface area contributed by atoms with Gasteiger partial charge in [0.05, 0.1) is 0 Å². The molecule has 4 aliphatic rings. The van der Waals surface area contributed by atoms with Crippen molar-refractivity contribution in [2.24, 2.45) is 52.3 Å². The molecule has 196 valence electrons. The minimum absolute atomic E-state index is 0.101. The summed E-state index contributed by atoms with van der Waals surface area (Å²) >= 11 is 0. The molecule has 34 heavy (non-hydrogen) atoms. The van der Waals surface area contributed by atoms with Crippen LogP contribution in [0.1, 0.15) is 112 Å². The van der Waals surface area contributed by atoms with Gasteiger partial charge in [-0.05, 0) is 98.2 Å². The van der Waals surface area contributed by atoms with Crippen molar-refractivity contribution < 1.29 is 19.7 Å². The van der Waals surface area contributed by atoms with Crippen LogP contribution in [-0.4, -0.2) is 34.5 Å². The third kappa shape index (κ3) is 4.27. The van der Waals surface area contributed by atoms with Gasteiger partial charge >= 0.3 is 5.97 Å². The number of fused-ring (bicyclic) bond motifs is 5. The van der Waals surface area contributed by atoms with E-state index in [0.717, 1.165) is 37.0 Å². The van der Waals surface area contributed by atoms with Crippen LogP contribution in [0, 0.1) is 52.3 Å². The fourth-order valence-corrected chi connectivity index (χ4v) is 9.88. The first kappa shape index (κ1) is 26.5. The van der Waals surface area contributed by atoms with Gasteiger partial charge in [-0.2, -0.15) is 0 Å². The Morgan fingerprint density at radius 2 is 1.76 bits per heavy atom. The molecular weight excluding hydrogens is 424 g/mol. The molecular formula is C30H52O4. The lowest BCUT2D eigenvalue weighted by Crippen LogP contribution is -2.69. The summed E-state index contributed by atoms with van der Waals surface area (Å²) in [5.74, 6) is 3.83. The van der Waals surface area contributed by atoms with Crippen molar-refractivity contribution in [3.63, 3.8) is 0 Å². The van der Waals surface area contributed by atoms with Crippen LogP contribution in [0.5, 0.6) is 0 Å². The van der Waals surface area contributed by atoms with Gasteiger partial charge < -0.3 is 14.9 Å². The summed E-state index contributed by atoms with van der Waals surface area (Å²) < 4.78 is 5.93. The highest BCUT2D eigenvalue weighted by molar-refractivity contribution is 5.66. The molecule has 4 aliphatic carbocycles. The highest BCUT2D eigenvalue weighted by Gasteiger charge is 2.68. The van der Waals surface area contributed by atoms with Gasteiger partial charge in [-0.3, -0.25) is 4.79 Å². The second-order valence-corrected chi connectivity index (χ2v) is 13.9. The molecule has 0 radical (unpaired) electrons. The zero-order valence-corrected chi connectivity index (χ0v) is 22.8. The number of esters is 1. The maximum atomic E-state index is 12.2. The zero-order chi connectivity index (χ0) is 24.9. The van der Waals surface area contributed by atoms with E-state index in [9.17, 15) is 15.0 Å². The summed E-state index contributed by atoms with van der Waals surface area (Å²) in [6.45, 7) is 13.6. The topological polar surface area (TPSA) is 66.8 Å². The number of carbonyl (C=O) groups excluding carboxylic acids is 1. The number of aliphatic hydroxyl groups is 2. The van der Waals surface area contributed by atoms with Crippen LogP contribution in [0.15, 0.2) is 0 Å². The lowest BCUT2D eigenvalue weighted by atomic mass is 9.42. The molecule has 0 unspecified atom stereocenters. The van der Waals surface area contributed by atoms with Crippen molar-refractivity contribution in [1.82, 2.24) is 0 Å². The standard InChI is InChI=1S/C30H52O4/c1-19(2)8-7-9-20(3)24-10-11-25-23-16-27(34-21(4)32)30(33)17-22(18-31)12-15-29(30,6)26(23)13-14-28(24,25)5/h19-20,22-27,31,33H,7-18H2,1-6H3/t20-,22+,23+,24-,25+,26+,27-,28-,29-,30+/m1/s1. The summed E-state index contributed by atoms with van der Waals surface area (Å²) in [4.78, 5) is 12.1. The predicted molar refractivity (Wildman–Crippen MR) is 136 cm³/mol. The molecule has 0 aromatic heterocycles.